The van der Waals surface area contributed by atoms with Crippen LogP contribution < -0.4 is 10.1 Å². The van der Waals surface area contributed by atoms with Crippen LogP contribution in [0.3, 0.4) is 0 Å². The minimum Gasteiger partial charge on any atom is -0.493 e. The molecule has 27 heavy (non-hydrogen) atoms. The summed E-state index contributed by atoms with van der Waals surface area (Å²) in [6.45, 7) is 4.44. The van der Waals surface area contributed by atoms with E-state index >= 15 is 0 Å². The summed E-state index contributed by atoms with van der Waals surface area (Å²) in [6, 6.07) is 15.1. The van der Waals surface area contributed by atoms with E-state index in [0.29, 0.717) is 17.3 Å². The lowest BCUT2D eigenvalue weighted by atomic mass is 10.1. The van der Waals surface area contributed by atoms with E-state index in [1.165, 1.54) is 0 Å². The molecule has 0 aliphatic carbocycles. The third-order valence-electron chi connectivity index (χ3n) is 4.28. The van der Waals surface area contributed by atoms with Gasteiger partial charge in [0, 0.05) is 17.6 Å². The fraction of sp³-hybridized carbons (Fsp3) is 0.400. The number of aliphatic hydroxyl groups excluding tert-OH is 1. The fourth-order valence-electron chi connectivity index (χ4n) is 2.58. The van der Waals surface area contributed by atoms with Gasteiger partial charge < -0.3 is 20.1 Å². The van der Waals surface area contributed by atoms with Crippen LogP contribution in [-0.4, -0.2) is 34.9 Å². The Bertz CT molecular complexity index is 741. The van der Waals surface area contributed by atoms with Crippen LogP contribution in [0.25, 0.3) is 0 Å². The highest BCUT2D eigenvalue weighted by molar-refractivity contribution is 7.38. The second-order valence-electron chi connectivity index (χ2n) is 6.78. The van der Waals surface area contributed by atoms with E-state index in [9.17, 15) is 9.67 Å². The van der Waals surface area contributed by atoms with Gasteiger partial charge in [0.05, 0.1) is 18.4 Å². The average molecular weight is 412 g/mol. The number of hydrogen-bond acceptors (Lipinski definition) is 4. The first-order chi connectivity index (χ1) is 12.8. The summed E-state index contributed by atoms with van der Waals surface area (Å²) in [5.74, 6) is 0.686. The monoisotopic (exact) mass is 411 g/mol. The molecular formula is C20H27ClNO4P. The SMILES string of the molecule is CC(Cc1ccc(OCC(C)[PH](=O)O)cc1)NCC(O)c1cccc(Cl)c1. The molecule has 4 atom stereocenters. The summed E-state index contributed by atoms with van der Waals surface area (Å²) in [5.41, 5.74) is 1.58. The molecule has 0 radical (unpaired) electrons. The number of ether oxygens (including phenoxy) is 1. The third kappa shape index (κ3) is 7.65. The molecular weight excluding hydrogens is 385 g/mol. The molecule has 2 rings (SSSR count). The van der Waals surface area contributed by atoms with Gasteiger partial charge in [0.2, 0.25) is 0 Å². The van der Waals surface area contributed by atoms with Crippen molar-refractivity contribution < 1.29 is 19.3 Å². The van der Waals surface area contributed by atoms with E-state index in [1.54, 1.807) is 19.1 Å². The maximum Gasteiger partial charge on any atom is 0.195 e. The van der Waals surface area contributed by atoms with Crippen molar-refractivity contribution in [1.82, 2.24) is 5.32 Å². The molecule has 0 aliphatic rings. The molecule has 2 aromatic rings. The lowest BCUT2D eigenvalue weighted by molar-refractivity contribution is 0.170. The molecule has 2 aromatic carbocycles. The van der Waals surface area contributed by atoms with Crippen LogP contribution >= 0.6 is 19.6 Å². The van der Waals surface area contributed by atoms with E-state index in [0.717, 1.165) is 17.5 Å². The number of rotatable bonds is 10. The molecule has 0 aliphatic heterocycles. The lowest BCUT2D eigenvalue weighted by Crippen LogP contribution is -2.32. The molecule has 0 aromatic heterocycles. The Morgan fingerprint density at radius 3 is 2.52 bits per heavy atom. The third-order valence-corrected chi connectivity index (χ3v) is 5.52. The van der Waals surface area contributed by atoms with Crippen LogP contribution in [-0.2, 0) is 11.0 Å². The molecule has 3 N–H and O–H groups in total. The van der Waals surface area contributed by atoms with E-state index in [1.807, 2.05) is 36.4 Å². The Balaban J connectivity index is 1.78. The van der Waals surface area contributed by atoms with Crippen molar-refractivity contribution in [3.8, 4) is 5.75 Å². The van der Waals surface area contributed by atoms with Gasteiger partial charge in [-0.25, -0.2) is 0 Å². The zero-order valence-corrected chi connectivity index (χ0v) is 17.3. The molecule has 0 fully saturated rings. The van der Waals surface area contributed by atoms with Gasteiger partial charge in [0.1, 0.15) is 5.75 Å². The van der Waals surface area contributed by atoms with Crippen LogP contribution in [0.2, 0.25) is 5.02 Å². The van der Waals surface area contributed by atoms with Crippen LogP contribution in [0.4, 0.5) is 0 Å². The van der Waals surface area contributed by atoms with Crippen molar-refractivity contribution in [3.05, 3.63) is 64.7 Å². The van der Waals surface area contributed by atoms with Gasteiger partial charge >= 0.3 is 0 Å². The highest BCUT2D eigenvalue weighted by atomic mass is 35.5. The second kappa shape index (κ2) is 10.8. The largest absolute Gasteiger partial charge is 0.493 e. The Hall–Kier alpha value is -1.36. The number of benzene rings is 2. The first-order valence-electron chi connectivity index (χ1n) is 8.96. The first-order valence-corrected chi connectivity index (χ1v) is 10.8. The molecule has 0 amide bonds. The van der Waals surface area contributed by atoms with E-state index < -0.39 is 14.1 Å². The predicted octanol–water partition coefficient (Wildman–Crippen LogP) is 3.83. The summed E-state index contributed by atoms with van der Waals surface area (Å²) in [7, 11) is -2.55. The predicted molar refractivity (Wildman–Crippen MR) is 110 cm³/mol. The second-order valence-corrected chi connectivity index (χ2v) is 8.88. The van der Waals surface area contributed by atoms with Crippen molar-refractivity contribution in [3.63, 3.8) is 0 Å². The maximum atomic E-state index is 11.0. The van der Waals surface area contributed by atoms with E-state index in [4.69, 9.17) is 21.2 Å². The summed E-state index contributed by atoms with van der Waals surface area (Å²) < 4.78 is 16.5. The minimum atomic E-state index is -2.55. The van der Waals surface area contributed by atoms with Crippen molar-refractivity contribution >= 4 is 19.6 Å². The zero-order chi connectivity index (χ0) is 19.8. The van der Waals surface area contributed by atoms with E-state index in [-0.39, 0.29) is 18.3 Å². The quantitative estimate of drug-likeness (QED) is 0.518. The van der Waals surface area contributed by atoms with Gasteiger partial charge in [-0.2, -0.15) is 0 Å². The molecule has 5 nitrogen and oxygen atoms in total. The van der Waals surface area contributed by atoms with Crippen molar-refractivity contribution in [2.45, 2.75) is 38.1 Å². The average Bonchev–Trinajstić information content (AvgIpc) is 2.65. The molecule has 0 saturated heterocycles. The van der Waals surface area contributed by atoms with Crippen LogP contribution in [0.15, 0.2) is 48.5 Å². The van der Waals surface area contributed by atoms with Crippen molar-refractivity contribution in [2.24, 2.45) is 0 Å². The maximum absolute atomic E-state index is 11.0. The van der Waals surface area contributed by atoms with Gasteiger partial charge in [-0.15, -0.1) is 0 Å². The Morgan fingerprint density at radius 1 is 1.19 bits per heavy atom. The zero-order valence-electron chi connectivity index (χ0n) is 15.6. The van der Waals surface area contributed by atoms with Gasteiger partial charge in [-0.3, -0.25) is 4.57 Å². The number of nitrogens with one attached hydrogen (secondary N) is 1. The Morgan fingerprint density at radius 2 is 1.89 bits per heavy atom. The number of hydrogen-bond donors (Lipinski definition) is 3. The summed E-state index contributed by atoms with van der Waals surface area (Å²) in [6.07, 6.45) is 0.200. The minimum absolute atomic E-state index is 0.186. The van der Waals surface area contributed by atoms with Crippen LogP contribution in [0.1, 0.15) is 31.1 Å². The normalized spacial score (nSPS) is 15.7. The number of aliphatic hydroxyl groups is 1. The summed E-state index contributed by atoms with van der Waals surface area (Å²) in [5, 5.41) is 14.2. The topological polar surface area (TPSA) is 78.8 Å². The van der Waals surface area contributed by atoms with Gasteiger partial charge in [0.25, 0.3) is 0 Å². The summed E-state index contributed by atoms with van der Waals surface area (Å²) >= 11 is 5.96. The fourth-order valence-corrected chi connectivity index (χ4v) is 3.01. The molecule has 0 saturated carbocycles. The lowest BCUT2D eigenvalue weighted by Gasteiger charge is -2.18. The Labute approximate surface area is 166 Å². The van der Waals surface area contributed by atoms with Gasteiger partial charge in [-0.05, 0) is 48.7 Å². The molecule has 0 heterocycles. The van der Waals surface area contributed by atoms with Crippen molar-refractivity contribution in [1.29, 1.82) is 0 Å². The highest BCUT2D eigenvalue weighted by Crippen LogP contribution is 2.23. The summed E-state index contributed by atoms with van der Waals surface area (Å²) in [4.78, 5) is 9.05. The van der Waals surface area contributed by atoms with Crippen LogP contribution in [0.5, 0.6) is 5.75 Å². The molecule has 7 heteroatoms. The smallest absolute Gasteiger partial charge is 0.195 e. The van der Waals surface area contributed by atoms with Gasteiger partial charge in [-0.1, -0.05) is 42.8 Å². The molecule has 4 unspecified atom stereocenters. The standard InChI is InChI=1S/C20H27ClNO4P/c1-14(22-12-20(23)17-4-3-5-18(21)11-17)10-16-6-8-19(9-7-16)26-13-15(2)27(24)25/h3-9,11,14-15,20,22-23,27H,10,12-13H2,1-2H3,(H,24,25). The first kappa shape index (κ1) is 21.9. The molecule has 148 valence electrons. The van der Waals surface area contributed by atoms with E-state index in [2.05, 4.69) is 12.2 Å². The highest BCUT2D eigenvalue weighted by Gasteiger charge is 2.11. The molecule has 0 bridgehead atoms. The number of halogens is 1. The van der Waals surface area contributed by atoms with Crippen molar-refractivity contribution in [2.75, 3.05) is 13.2 Å². The van der Waals surface area contributed by atoms with Crippen LogP contribution in [0, 0.1) is 0 Å². The van der Waals surface area contributed by atoms with Gasteiger partial charge in [0.15, 0.2) is 8.03 Å². The molecule has 0 spiro atoms. The Kier molecular flexibility index (Phi) is 8.81.